The zero-order chi connectivity index (χ0) is 23.3. The lowest BCUT2D eigenvalue weighted by Gasteiger charge is -2.28. The monoisotopic (exact) mass is 449 g/mol. The highest BCUT2D eigenvalue weighted by molar-refractivity contribution is 6.07. The van der Waals surface area contributed by atoms with Crippen LogP contribution >= 0.6 is 0 Å². The fourth-order valence-electron chi connectivity index (χ4n) is 5.42. The molecule has 5 unspecified atom stereocenters. The Labute approximate surface area is 188 Å². The van der Waals surface area contributed by atoms with Crippen LogP contribution in [0.2, 0.25) is 0 Å². The fraction of sp³-hybridized carbons (Fsp3) is 0.292. The van der Waals surface area contributed by atoms with E-state index in [0.29, 0.717) is 5.56 Å². The molecule has 9 heteroatoms. The largest absolute Gasteiger partial charge is 0.320 e. The summed E-state index contributed by atoms with van der Waals surface area (Å²) in [6.07, 6.45) is 4.36. The number of hydrogen-bond donors (Lipinski definition) is 1. The highest BCUT2D eigenvalue weighted by atomic mass is 19.1. The van der Waals surface area contributed by atoms with Crippen molar-refractivity contribution >= 4 is 29.1 Å². The predicted molar refractivity (Wildman–Crippen MR) is 115 cm³/mol. The Kier molecular flexibility index (Phi) is 5.03. The molecule has 1 aliphatic heterocycles. The summed E-state index contributed by atoms with van der Waals surface area (Å²) < 4.78 is 14.0. The number of nitrogens with zero attached hydrogens (tertiary/aromatic N) is 2. The summed E-state index contributed by atoms with van der Waals surface area (Å²) in [7, 11) is 0. The molecule has 5 atom stereocenters. The molecule has 1 saturated carbocycles. The number of nitro groups is 1. The molecule has 2 bridgehead atoms. The Hall–Kier alpha value is -3.88. The Morgan fingerprint density at radius 1 is 1.09 bits per heavy atom. The van der Waals surface area contributed by atoms with Crippen LogP contribution in [0.4, 0.5) is 15.8 Å². The van der Waals surface area contributed by atoms with E-state index >= 15 is 0 Å². The number of nitrogens with one attached hydrogen (secondary N) is 1. The van der Waals surface area contributed by atoms with E-state index in [0.717, 1.165) is 11.3 Å². The number of benzene rings is 2. The molecule has 3 amide bonds. The Balaban J connectivity index is 1.45. The van der Waals surface area contributed by atoms with Gasteiger partial charge in [0.25, 0.3) is 5.69 Å². The van der Waals surface area contributed by atoms with Crippen molar-refractivity contribution in [3.8, 4) is 0 Å². The first-order chi connectivity index (χ1) is 15.8. The van der Waals surface area contributed by atoms with E-state index in [1.165, 1.54) is 36.4 Å². The average molecular weight is 449 g/mol. The number of amides is 3. The normalized spacial score (nSPS) is 25.9. The minimum atomic E-state index is -1.02. The maximum atomic E-state index is 14.0. The smallest absolute Gasteiger partial charge is 0.292 e. The van der Waals surface area contributed by atoms with Crippen molar-refractivity contribution in [3.63, 3.8) is 0 Å². The van der Waals surface area contributed by atoms with Gasteiger partial charge in [0, 0.05) is 6.07 Å². The van der Waals surface area contributed by atoms with Gasteiger partial charge in [0.15, 0.2) is 0 Å². The van der Waals surface area contributed by atoms with Crippen molar-refractivity contribution in [2.45, 2.75) is 18.9 Å². The summed E-state index contributed by atoms with van der Waals surface area (Å²) in [5.74, 6) is -2.81. The zero-order valence-corrected chi connectivity index (χ0v) is 17.4. The van der Waals surface area contributed by atoms with E-state index in [9.17, 15) is 28.9 Å². The Morgan fingerprint density at radius 2 is 1.76 bits per heavy atom. The van der Waals surface area contributed by atoms with Gasteiger partial charge < -0.3 is 5.32 Å². The van der Waals surface area contributed by atoms with Crippen LogP contribution < -0.4 is 5.32 Å². The molecule has 1 N–H and O–H groups in total. The molecular weight excluding hydrogens is 429 g/mol. The Bertz CT molecular complexity index is 1180. The lowest BCUT2D eigenvalue weighted by atomic mass is 9.85. The molecular formula is C24H20FN3O5. The molecule has 0 radical (unpaired) electrons. The molecule has 168 valence electrons. The fourth-order valence-corrected chi connectivity index (χ4v) is 5.42. The van der Waals surface area contributed by atoms with Gasteiger partial charge >= 0.3 is 0 Å². The lowest BCUT2D eigenvalue weighted by Crippen LogP contribution is -2.38. The van der Waals surface area contributed by atoms with Crippen molar-refractivity contribution < 1.29 is 23.7 Å². The van der Waals surface area contributed by atoms with Gasteiger partial charge in [-0.3, -0.25) is 29.4 Å². The molecule has 33 heavy (non-hydrogen) atoms. The van der Waals surface area contributed by atoms with E-state index in [1.807, 2.05) is 12.2 Å². The van der Waals surface area contributed by atoms with Gasteiger partial charge in [0.2, 0.25) is 17.7 Å². The maximum Gasteiger partial charge on any atom is 0.292 e. The molecule has 2 aliphatic carbocycles. The molecule has 2 aromatic rings. The SMILES string of the molecule is O=C(CC(c1cccc(F)c1)N1C(=O)C2C3C=CC(C3)C2C1=O)Nc1ccccc1[N+](=O)[O-]. The third-order valence-corrected chi connectivity index (χ3v) is 6.80. The number of fused-ring (bicyclic) bond motifs is 5. The van der Waals surface area contributed by atoms with Crippen LogP contribution in [0.1, 0.15) is 24.4 Å². The summed E-state index contributed by atoms with van der Waals surface area (Å²) in [5, 5.41) is 13.8. The van der Waals surface area contributed by atoms with Crippen LogP contribution in [0.5, 0.6) is 0 Å². The van der Waals surface area contributed by atoms with Crippen LogP contribution in [-0.4, -0.2) is 27.5 Å². The van der Waals surface area contributed by atoms with Crippen LogP contribution in [0.3, 0.4) is 0 Å². The summed E-state index contributed by atoms with van der Waals surface area (Å²) in [4.78, 5) is 51.3. The second-order valence-corrected chi connectivity index (χ2v) is 8.64. The van der Waals surface area contributed by atoms with Gasteiger partial charge in [-0.15, -0.1) is 0 Å². The van der Waals surface area contributed by atoms with Gasteiger partial charge in [-0.1, -0.05) is 36.4 Å². The van der Waals surface area contributed by atoms with Crippen molar-refractivity contribution in [1.29, 1.82) is 0 Å². The van der Waals surface area contributed by atoms with E-state index in [2.05, 4.69) is 5.32 Å². The van der Waals surface area contributed by atoms with Crippen LogP contribution in [-0.2, 0) is 14.4 Å². The molecule has 2 aromatic carbocycles. The first-order valence-electron chi connectivity index (χ1n) is 10.7. The van der Waals surface area contributed by atoms with Gasteiger partial charge in [-0.2, -0.15) is 0 Å². The number of anilines is 1. The standard InChI is InChI=1S/C24H20FN3O5/c25-16-5-3-4-13(11-16)19(12-20(29)26-17-6-1-2-7-18(17)28(32)33)27-23(30)21-14-8-9-15(10-14)22(21)24(27)31/h1-9,11,14-15,19,21-22H,10,12H2,(H,26,29). The van der Waals surface area contributed by atoms with E-state index in [-0.39, 0.29) is 41.4 Å². The van der Waals surface area contributed by atoms with Gasteiger partial charge in [0.1, 0.15) is 11.5 Å². The van der Waals surface area contributed by atoms with Crippen LogP contribution in [0.25, 0.3) is 0 Å². The van der Waals surface area contributed by atoms with E-state index in [1.54, 1.807) is 12.1 Å². The highest BCUT2D eigenvalue weighted by Crippen LogP contribution is 2.54. The number of para-hydroxylation sites is 2. The quantitative estimate of drug-likeness (QED) is 0.314. The number of nitro benzene ring substituents is 1. The topological polar surface area (TPSA) is 110 Å². The second kappa shape index (κ2) is 7.91. The minimum absolute atomic E-state index is 0.00341. The molecule has 0 spiro atoms. The van der Waals surface area contributed by atoms with E-state index in [4.69, 9.17) is 0 Å². The summed E-state index contributed by atoms with van der Waals surface area (Å²) in [5.41, 5.74) is 0.0389. The van der Waals surface area contributed by atoms with Crippen molar-refractivity contribution in [3.05, 3.63) is 82.2 Å². The first-order valence-corrected chi connectivity index (χ1v) is 10.7. The molecule has 0 aromatic heterocycles. The lowest BCUT2D eigenvalue weighted by molar-refractivity contribution is -0.383. The highest BCUT2D eigenvalue weighted by Gasteiger charge is 2.60. The van der Waals surface area contributed by atoms with E-state index < -0.39 is 34.5 Å². The summed E-state index contributed by atoms with van der Waals surface area (Å²) >= 11 is 0. The number of likely N-dealkylation sites (tertiary alicyclic amines) is 1. The molecule has 1 heterocycles. The van der Waals surface area contributed by atoms with Gasteiger partial charge in [-0.25, -0.2) is 4.39 Å². The predicted octanol–water partition coefficient (Wildman–Crippen LogP) is 3.61. The second-order valence-electron chi connectivity index (χ2n) is 8.64. The Morgan fingerprint density at radius 3 is 2.39 bits per heavy atom. The summed E-state index contributed by atoms with van der Waals surface area (Å²) in [6.45, 7) is 0. The number of imide groups is 1. The third-order valence-electron chi connectivity index (χ3n) is 6.80. The number of halogens is 1. The van der Waals surface area contributed by atoms with Gasteiger partial charge in [0.05, 0.1) is 29.2 Å². The molecule has 2 fully saturated rings. The third kappa shape index (κ3) is 3.49. The molecule has 5 rings (SSSR count). The zero-order valence-electron chi connectivity index (χ0n) is 17.4. The number of carbonyl (C=O) groups excluding carboxylic acids is 3. The van der Waals surface area contributed by atoms with Gasteiger partial charge in [-0.05, 0) is 42.0 Å². The van der Waals surface area contributed by atoms with Crippen molar-refractivity contribution in [2.24, 2.45) is 23.7 Å². The molecule has 1 saturated heterocycles. The first kappa shape index (κ1) is 21.0. The maximum absolute atomic E-state index is 14.0. The molecule has 3 aliphatic rings. The minimum Gasteiger partial charge on any atom is -0.320 e. The van der Waals surface area contributed by atoms with Crippen molar-refractivity contribution in [1.82, 2.24) is 4.90 Å². The number of hydrogen-bond acceptors (Lipinski definition) is 5. The van der Waals surface area contributed by atoms with Crippen LogP contribution in [0.15, 0.2) is 60.7 Å². The number of carbonyl (C=O) groups is 3. The van der Waals surface area contributed by atoms with Crippen molar-refractivity contribution in [2.75, 3.05) is 5.32 Å². The summed E-state index contributed by atoms with van der Waals surface area (Å²) in [6, 6.07) is 10.1. The molecule has 8 nitrogen and oxygen atoms in total. The van der Waals surface area contributed by atoms with Crippen LogP contribution in [0, 0.1) is 39.6 Å². The number of allylic oxidation sites excluding steroid dienone is 2. The number of rotatable bonds is 6. The average Bonchev–Trinajstić information content (AvgIpc) is 3.46.